The van der Waals surface area contributed by atoms with Crippen LogP contribution in [0.3, 0.4) is 0 Å². The molecule has 0 saturated carbocycles. The molecule has 0 amide bonds. The predicted molar refractivity (Wildman–Crippen MR) is 191 cm³/mol. The average Bonchev–Trinajstić information content (AvgIpc) is 2.97. The van der Waals surface area contributed by atoms with Gasteiger partial charge in [-0.2, -0.15) is 0 Å². The van der Waals surface area contributed by atoms with Gasteiger partial charge in [0.2, 0.25) is 0 Å². The van der Waals surface area contributed by atoms with E-state index >= 15 is 0 Å². The van der Waals surface area contributed by atoms with Crippen molar-refractivity contribution in [3.05, 3.63) is 0 Å². The molecule has 0 bridgehead atoms. The summed E-state index contributed by atoms with van der Waals surface area (Å²) in [4.78, 5) is 29.9. The maximum absolute atomic E-state index is 10.2. The van der Waals surface area contributed by atoms with Crippen LogP contribution >= 0.6 is 0 Å². The Bertz CT molecular complexity index is 534. The van der Waals surface area contributed by atoms with Crippen LogP contribution in [0.4, 0.5) is 0 Å². The smallest absolute Gasteiger partial charge is 0.550 e. The summed E-state index contributed by atoms with van der Waals surface area (Å²) in [5.41, 5.74) is 0. The Labute approximate surface area is 297 Å². The summed E-state index contributed by atoms with van der Waals surface area (Å²) in [5, 5.41) is 20.4. The summed E-state index contributed by atoms with van der Waals surface area (Å²) in [6.45, 7) is 7.59. The number of rotatable bonds is 32. The van der Waals surface area contributed by atoms with E-state index in [1.165, 1.54) is 181 Å². The fraction of sp³-hybridized carbons (Fsp3) is 0.923. The third-order valence-corrected chi connectivity index (χ3v) is 7.97. The van der Waals surface area contributed by atoms with E-state index in [2.05, 4.69) is 13.8 Å². The number of carbonyl (C=O) groups excluding carboxylic acids is 3. The number of carboxylic acid groups (broad SMARTS) is 2. The molecule has 0 radical (unpaired) electrons. The molecular weight excluding hydrogens is 573 g/mol. The van der Waals surface area contributed by atoms with Crippen LogP contribution < -0.4 is 10.2 Å². The topological polar surface area (TPSA) is 97.3 Å². The quantitative estimate of drug-likeness (QED) is 0.0534. The molecule has 264 valence electrons. The first kappa shape index (κ1) is 51.2. The molecule has 0 rings (SSSR count). The van der Waals surface area contributed by atoms with Gasteiger partial charge in [0, 0.05) is 11.9 Å². The van der Waals surface area contributed by atoms with Crippen molar-refractivity contribution in [2.24, 2.45) is 0 Å². The fourth-order valence-corrected chi connectivity index (χ4v) is 5.28. The van der Waals surface area contributed by atoms with Gasteiger partial charge in [-0.15, -0.1) is 0 Å². The number of unbranched alkanes of at least 4 members (excludes halogenated alkanes) is 28. The van der Waals surface area contributed by atoms with Crippen molar-refractivity contribution in [2.75, 3.05) is 0 Å². The zero-order valence-electron chi connectivity index (χ0n) is 30.9. The van der Waals surface area contributed by atoms with E-state index in [1.54, 1.807) is 0 Å². The number of Topliss-reactive ketones (excluding diaryl/α,β-unsaturated/α-hetero) is 1. The van der Waals surface area contributed by atoms with Gasteiger partial charge in [-0.3, -0.25) is 0 Å². The molecule has 0 unspecified atom stereocenters. The maximum atomic E-state index is 10.2. The van der Waals surface area contributed by atoms with Gasteiger partial charge in [0.15, 0.2) is 0 Å². The first-order chi connectivity index (χ1) is 21.3. The number of carboxylic acids is 2. The fourth-order valence-electron chi connectivity index (χ4n) is 5.28. The second-order valence-corrected chi connectivity index (χ2v) is 13.1. The number of ketones is 1. The van der Waals surface area contributed by atoms with Gasteiger partial charge in [-0.25, -0.2) is 0 Å². The summed E-state index contributed by atoms with van der Waals surface area (Å²) in [7, 11) is 0. The van der Waals surface area contributed by atoms with E-state index in [0.717, 1.165) is 25.7 Å². The minimum atomic E-state index is -0.903. The SMILES string of the molecule is CC(C)=O.CCCCCCCCCCCCCCCCCC(=O)[O-].CCCCCCCCCCCCCCCCCC(=O)[O-].[Mg+2]. The first-order valence-corrected chi connectivity index (χ1v) is 19.1. The molecule has 0 atom stereocenters. The van der Waals surface area contributed by atoms with Crippen molar-refractivity contribution in [3.8, 4) is 0 Å². The Morgan fingerprint density at radius 1 is 0.333 bits per heavy atom. The Balaban J connectivity index is -0.000000327. The van der Waals surface area contributed by atoms with Crippen LogP contribution in [0.25, 0.3) is 0 Å². The molecule has 0 N–H and O–H groups in total. The normalized spacial score (nSPS) is 10.2. The van der Waals surface area contributed by atoms with Gasteiger partial charge < -0.3 is 24.6 Å². The Morgan fingerprint density at radius 3 is 0.600 bits per heavy atom. The number of aliphatic carboxylic acids is 2. The Morgan fingerprint density at radius 2 is 0.467 bits per heavy atom. The number of carbonyl (C=O) groups is 3. The Kier molecular flexibility index (Phi) is 54.4. The van der Waals surface area contributed by atoms with Crippen LogP contribution in [0.1, 0.15) is 233 Å². The maximum Gasteiger partial charge on any atom is 2.00 e. The molecule has 0 aromatic carbocycles. The zero-order chi connectivity index (χ0) is 33.4. The van der Waals surface area contributed by atoms with Gasteiger partial charge >= 0.3 is 23.1 Å². The third kappa shape index (κ3) is 66.7. The van der Waals surface area contributed by atoms with Gasteiger partial charge in [0.1, 0.15) is 5.78 Å². The van der Waals surface area contributed by atoms with E-state index < -0.39 is 11.9 Å². The van der Waals surface area contributed by atoms with Gasteiger partial charge in [-0.1, -0.05) is 194 Å². The van der Waals surface area contributed by atoms with Crippen molar-refractivity contribution in [2.45, 2.75) is 233 Å². The van der Waals surface area contributed by atoms with Crippen LogP contribution in [0.2, 0.25) is 0 Å². The minimum Gasteiger partial charge on any atom is -0.550 e. The van der Waals surface area contributed by atoms with Crippen LogP contribution in [-0.4, -0.2) is 40.8 Å². The summed E-state index contributed by atoms with van der Waals surface area (Å²) in [5.74, 6) is -1.64. The van der Waals surface area contributed by atoms with Crippen molar-refractivity contribution in [1.82, 2.24) is 0 Å². The van der Waals surface area contributed by atoms with Gasteiger partial charge in [-0.05, 0) is 39.5 Å². The third-order valence-electron chi connectivity index (χ3n) is 7.97. The molecule has 45 heavy (non-hydrogen) atoms. The molecule has 0 aliphatic rings. The van der Waals surface area contributed by atoms with Crippen molar-refractivity contribution in [1.29, 1.82) is 0 Å². The molecule has 0 aromatic heterocycles. The van der Waals surface area contributed by atoms with Crippen LogP contribution in [0.5, 0.6) is 0 Å². The van der Waals surface area contributed by atoms with Gasteiger partial charge in [0.25, 0.3) is 0 Å². The molecule has 0 heterocycles. The molecule has 0 fully saturated rings. The van der Waals surface area contributed by atoms with Gasteiger partial charge in [0.05, 0.1) is 0 Å². The molecule has 0 aliphatic carbocycles. The van der Waals surface area contributed by atoms with E-state index in [9.17, 15) is 24.6 Å². The average molecular weight is 649 g/mol. The van der Waals surface area contributed by atoms with Crippen molar-refractivity contribution < 1.29 is 24.6 Å². The molecule has 0 spiro atoms. The second-order valence-electron chi connectivity index (χ2n) is 13.1. The van der Waals surface area contributed by atoms with E-state index in [-0.39, 0.29) is 41.7 Å². The summed E-state index contributed by atoms with van der Waals surface area (Å²) in [6, 6.07) is 0. The van der Waals surface area contributed by atoms with Crippen LogP contribution in [0.15, 0.2) is 0 Å². The minimum absolute atomic E-state index is 0. The first-order valence-electron chi connectivity index (χ1n) is 19.1. The molecule has 6 heteroatoms. The largest absolute Gasteiger partial charge is 2.00 e. The van der Waals surface area contributed by atoms with E-state index in [1.807, 2.05) is 0 Å². The summed E-state index contributed by atoms with van der Waals surface area (Å²) >= 11 is 0. The molecule has 5 nitrogen and oxygen atoms in total. The zero-order valence-corrected chi connectivity index (χ0v) is 32.3. The molecule has 0 saturated heterocycles. The Hall–Kier alpha value is -0.624. The van der Waals surface area contributed by atoms with Crippen LogP contribution in [0, 0.1) is 0 Å². The number of hydrogen-bond acceptors (Lipinski definition) is 5. The summed E-state index contributed by atoms with van der Waals surface area (Å²) < 4.78 is 0. The van der Waals surface area contributed by atoms with Crippen LogP contribution in [-0.2, 0) is 14.4 Å². The number of hydrogen-bond donors (Lipinski definition) is 0. The second kappa shape index (κ2) is 47.8. The molecular formula is C39H76MgO5. The predicted octanol–water partition coefficient (Wildman–Crippen LogP) is 10.2. The van der Waals surface area contributed by atoms with Crippen molar-refractivity contribution >= 4 is 40.8 Å². The standard InChI is InChI=1S/2C18H36O2.C3H6O.Mg/c2*1-2-3-4-5-6-7-8-9-10-11-12-13-14-15-16-17-18(19)20;1-3(2)4;/h2*2-17H2,1H3,(H,19,20);1-2H3;/q;;;+2/p-2. The molecule has 0 aromatic rings. The van der Waals surface area contributed by atoms with Crippen molar-refractivity contribution in [3.63, 3.8) is 0 Å². The van der Waals surface area contributed by atoms with E-state index in [0.29, 0.717) is 0 Å². The monoisotopic (exact) mass is 649 g/mol. The van der Waals surface area contributed by atoms with E-state index in [4.69, 9.17) is 0 Å². The summed E-state index contributed by atoms with van der Waals surface area (Å²) in [6.07, 6.45) is 39.7. The molecule has 0 aliphatic heterocycles.